The fourth-order valence-electron chi connectivity index (χ4n) is 4.78. The first-order valence-corrected chi connectivity index (χ1v) is 17.9. The maximum Gasteiger partial charge on any atom is 0.423 e. The molecule has 0 N–H and O–H groups in total. The van der Waals surface area contributed by atoms with Crippen molar-refractivity contribution in [3.05, 3.63) is 50.1 Å². The number of rotatable bonds is 6. The minimum Gasteiger partial charge on any atom is -0.459 e. The van der Waals surface area contributed by atoms with Crippen LogP contribution in [0.2, 0.25) is 0 Å². The third kappa shape index (κ3) is 8.26. The van der Waals surface area contributed by atoms with Gasteiger partial charge in [0.1, 0.15) is 23.3 Å². The summed E-state index contributed by atoms with van der Waals surface area (Å²) in [5.74, 6) is -4.71. The molecule has 226 valence electrons. The van der Waals surface area contributed by atoms with Crippen LogP contribution in [0.4, 0.5) is 0 Å². The highest BCUT2D eigenvalue weighted by atomic mass is 79.9. The number of esters is 4. The zero-order valence-corrected chi connectivity index (χ0v) is 31.4. The van der Waals surface area contributed by atoms with Gasteiger partial charge in [-0.25, -0.2) is 19.2 Å². The minimum absolute atomic E-state index is 0.0766. The molecule has 2 aliphatic rings. The maximum atomic E-state index is 13.2. The summed E-state index contributed by atoms with van der Waals surface area (Å²) >= 11 is 20.1. The van der Waals surface area contributed by atoms with Crippen LogP contribution in [-0.4, -0.2) is 36.1 Å². The predicted octanol–water partition coefficient (Wildman–Crippen LogP) is 9.75. The van der Waals surface area contributed by atoms with Crippen molar-refractivity contribution in [2.45, 2.75) is 76.4 Å². The van der Waals surface area contributed by atoms with E-state index in [0.29, 0.717) is 8.95 Å². The molecule has 2 aromatic carbocycles. The van der Waals surface area contributed by atoms with Gasteiger partial charge in [-0.05, 0) is 159 Å². The van der Waals surface area contributed by atoms with Gasteiger partial charge in [-0.2, -0.15) is 0 Å². The van der Waals surface area contributed by atoms with Crippen LogP contribution in [0.5, 0.6) is 11.5 Å². The summed E-state index contributed by atoms with van der Waals surface area (Å²) in [6.45, 7) is 0. The van der Waals surface area contributed by atoms with Gasteiger partial charge in [-0.1, -0.05) is 12.8 Å². The standard InChI is InChI=1S/C28H24Br6O8/c29-15-11-17(31)23(19(21(15)33)25(35)39-13-7-3-1-4-8-13)41-27(37)28(38)42-24-18(32)12-16(30)22(34)20(24)26(36)40-14-9-5-2-6-10-14/h11-14H,1-10H2. The van der Waals surface area contributed by atoms with E-state index in [1.54, 1.807) is 12.1 Å². The average molecular weight is 968 g/mol. The third-order valence-corrected chi connectivity index (χ3v) is 12.0. The van der Waals surface area contributed by atoms with E-state index >= 15 is 0 Å². The first-order valence-electron chi connectivity index (χ1n) is 13.2. The Bertz CT molecular complexity index is 1290. The number of benzene rings is 2. The first kappa shape index (κ1) is 34.1. The van der Waals surface area contributed by atoms with Gasteiger partial charge in [-0.3, -0.25) is 0 Å². The van der Waals surface area contributed by atoms with Crippen LogP contribution < -0.4 is 9.47 Å². The Labute approximate surface area is 293 Å². The number of carbonyl (C=O) groups is 4. The number of ether oxygens (including phenoxy) is 4. The second kappa shape index (κ2) is 15.5. The molecule has 0 saturated heterocycles. The molecule has 2 aliphatic carbocycles. The van der Waals surface area contributed by atoms with Crippen molar-refractivity contribution >= 4 is 119 Å². The largest absolute Gasteiger partial charge is 0.459 e. The molecule has 0 heterocycles. The molecule has 0 spiro atoms. The first-order chi connectivity index (χ1) is 20.0. The zero-order chi connectivity index (χ0) is 30.6. The van der Waals surface area contributed by atoms with E-state index in [4.69, 9.17) is 18.9 Å². The smallest absolute Gasteiger partial charge is 0.423 e. The van der Waals surface area contributed by atoms with Crippen LogP contribution in [0.3, 0.4) is 0 Å². The number of halogens is 6. The van der Waals surface area contributed by atoms with Crippen LogP contribution in [0, 0.1) is 0 Å². The molecular weight excluding hydrogens is 944 g/mol. The van der Waals surface area contributed by atoms with Crippen LogP contribution >= 0.6 is 95.6 Å². The van der Waals surface area contributed by atoms with E-state index in [1.807, 2.05) is 0 Å². The number of hydrogen-bond donors (Lipinski definition) is 0. The summed E-state index contributed by atoms with van der Waals surface area (Å²) in [6.07, 6.45) is 8.40. The zero-order valence-electron chi connectivity index (χ0n) is 21.9. The van der Waals surface area contributed by atoms with Gasteiger partial charge < -0.3 is 18.9 Å². The second-order valence-corrected chi connectivity index (χ2v) is 14.8. The van der Waals surface area contributed by atoms with E-state index in [9.17, 15) is 19.2 Å². The summed E-state index contributed by atoms with van der Waals surface area (Å²) in [4.78, 5) is 52.5. The Morgan fingerprint density at radius 1 is 0.524 bits per heavy atom. The molecule has 2 saturated carbocycles. The van der Waals surface area contributed by atoms with Gasteiger partial charge in [0.2, 0.25) is 0 Å². The average Bonchev–Trinajstić information content (AvgIpc) is 2.95. The molecule has 0 unspecified atom stereocenters. The lowest BCUT2D eigenvalue weighted by atomic mass is 9.98. The monoisotopic (exact) mass is 962 g/mol. The molecule has 0 bridgehead atoms. The molecule has 0 radical (unpaired) electrons. The summed E-state index contributed by atoms with van der Waals surface area (Å²) < 4.78 is 24.2. The van der Waals surface area contributed by atoms with Gasteiger partial charge >= 0.3 is 23.9 Å². The van der Waals surface area contributed by atoms with Crippen molar-refractivity contribution in [1.82, 2.24) is 0 Å². The Hall–Kier alpha value is -0.800. The molecule has 8 nitrogen and oxygen atoms in total. The topological polar surface area (TPSA) is 105 Å². The molecule has 0 aromatic heterocycles. The molecule has 0 atom stereocenters. The third-order valence-electron chi connectivity index (χ3n) is 6.87. The Morgan fingerprint density at radius 3 is 1.19 bits per heavy atom. The maximum absolute atomic E-state index is 13.2. The van der Waals surface area contributed by atoms with Crippen molar-refractivity contribution in [3.63, 3.8) is 0 Å². The lowest BCUT2D eigenvalue weighted by molar-refractivity contribution is -0.156. The molecule has 42 heavy (non-hydrogen) atoms. The van der Waals surface area contributed by atoms with E-state index in [0.717, 1.165) is 64.2 Å². The van der Waals surface area contributed by atoms with E-state index in [-0.39, 0.29) is 52.7 Å². The fraction of sp³-hybridized carbons (Fsp3) is 0.429. The number of carbonyl (C=O) groups excluding carboxylic acids is 4. The van der Waals surface area contributed by atoms with Gasteiger partial charge in [0, 0.05) is 8.95 Å². The summed E-state index contributed by atoms with van der Waals surface area (Å²) in [6, 6.07) is 3.11. The Kier molecular flexibility index (Phi) is 12.5. The normalized spacial score (nSPS) is 16.0. The predicted molar refractivity (Wildman–Crippen MR) is 175 cm³/mol. The van der Waals surface area contributed by atoms with Crippen molar-refractivity contribution in [2.75, 3.05) is 0 Å². The molecular formula is C28H24Br6O8. The lowest BCUT2D eigenvalue weighted by Gasteiger charge is -2.23. The molecule has 14 heteroatoms. The molecule has 2 fully saturated rings. The van der Waals surface area contributed by atoms with Crippen molar-refractivity contribution in [1.29, 1.82) is 0 Å². The molecule has 0 aliphatic heterocycles. The van der Waals surface area contributed by atoms with Crippen LogP contribution in [0.15, 0.2) is 39.0 Å². The van der Waals surface area contributed by atoms with Crippen LogP contribution in [0.1, 0.15) is 84.9 Å². The highest BCUT2D eigenvalue weighted by Crippen LogP contribution is 2.42. The van der Waals surface area contributed by atoms with E-state index < -0.39 is 23.9 Å². The van der Waals surface area contributed by atoms with E-state index in [1.165, 1.54) is 0 Å². The SMILES string of the molecule is O=C(Oc1c(Br)cc(Br)c(Br)c1C(=O)OC1CCCCC1)C(=O)Oc1c(Br)cc(Br)c(Br)c1C(=O)OC1CCCCC1. The van der Waals surface area contributed by atoms with Crippen LogP contribution in [-0.2, 0) is 19.1 Å². The van der Waals surface area contributed by atoms with Crippen LogP contribution in [0.25, 0.3) is 0 Å². The van der Waals surface area contributed by atoms with Gasteiger partial charge in [-0.15, -0.1) is 0 Å². The van der Waals surface area contributed by atoms with Gasteiger partial charge in [0.15, 0.2) is 11.5 Å². The Balaban J connectivity index is 1.58. The van der Waals surface area contributed by atoms with Gasteiger partial charge in [0.25, 0.3) is 0 Å². The number of hydrogen-bond acceptors (Lipinski definition) is 8. The second-order valence-electron chi connectivity index (χ2n) is 9.83. The highest BCUT2D eigenvalue weighted by molar-refractivity contribution is 9.13. The summed E-state index contributed by atoms with van der Waals surface area (Å²) in [5.41, 5.74) is -0.153. The minimum atomic E-state index is -1.42. The highest BCUT2D eigenvalue weighted by Gasteiger charge is 2.33. The summed E-state index contributed by atoms with van der Waals surface area (Å²) in [5, 5.41) is 0. The molecule has 2 aromatic rings. The van der Waals surface area contributed by atoms with Gasteiger partial charge in [0.05, 0.1) is 17.9 Å². The lowest BCUT2D eigenvalue weighted by Crippen LogP contribution is -2.28. The van der Waals surface area contributed by atoms with Crippen molar-refractivity contribution in [3.8, 4) is 11.5 Å². The van der Waals surface area contributed by atoms with E-state index in [2.05, 4.69) is 95.6 Å². The molecule has 4 rings (SSSR count). The Morgan fingerprint density at radius 2 is 0.857 bits per heavy atom. The van der Waals surface area contributed by atoms with Crippen molar-refractivity contribution in [2.24, 2.45) is 0 Å². The fourth-order valence-corrected chi connectivity index (χ4v) is 8.17. The summed E-state index contributed by atoms with van der Waals surface area (Å²) in [7, 11) is 0. The molecule has 0 amide bonds. The van der Waals surface area contributed by atoms with Crippen molar-refractivity contribution < 1.29 is 38.1 Å². The quantitative estimate of drug-likeness (QED) is 0.122.